The third kappa shape index (κ3) is 3.82. The quantitative estimate of drug-likeness (QED) is 0.485. The van der Waals surface area contributed by atoms with E-state index < -0.39 is 13.0 Å². The first kappa shape index (κ1) is 20.5. The molecule has 0 radical (unpaired) electrons. The fourth-order valence-electron chi connectivity index (χ4n) is 4.30. The Bertz CT molecular complexity index is 1270. The van der Waals surface area contributed by atoms with E-state index in [1.807, 2.05) is 6.07 Å². The molecule has 168 valence electrons. The van der Waals surface area contributed by atoms with Crippen LogP contribution in [0.25, 0.3) is 27.9 Å². The number of hydrogen-bond acceptors (Lipinski definition) is 7. The molecule has 1 aliphatic rings. The van der Waals surface area contributed by atoms with Gasteiger partial charge in [-0.05, 0) is 49.3 Å². The largest absolute Gasteiger partial charge is 0.382 e. The lowest BCUT2D eigenvalue weighted by molar-refractivity contribution is 0.122. The first-order valence-electron chi connectivity index (χ1n) is 10.7. The van der Waals surface area contributed by atoms with Crippen LogP contribution in [-0.2, 0) is 6.54 Å². The van der Waals surface area contributed by atoms with Crippen molar-refractivity contribution in [2.45, 2.75) is 58.5 Å². The van der Waals surface area contributed by atoms with Crippen molar-refractivity contribution in [2.75, 3.05) is 11.1 Å². The van der Waals surface area contributed by atoms with Crippen molar-refractivity contribution in [3.63, 3.8) is 0 Å². The molecule has 32 heavy (non-hydrogen) atoms. The van der Waals surface area contributed by atoms with Gasteiger partial charge in [0.05, 0.1) is 5.69 Å². The molecule has 0 aromatic carbocycles. The number of anilines is 2. The van der Waals surface area contributed by atoms with Gasteiger partial charge in [0.2, 0.25) is 5.95 Å². The van der Waals surface area contributed by atoms with Gasteiger partial charge in [-0.25, -0.2) is 23.0 Å². The third-order valence-corrected chi connectivity index (χ3v) is 6.16. The second kappa shape index (κ2) is 7.64. The van der Waals surface area contributed by atoms with E-state index >= 15 is 0 Å². The summed E-state index contributed by atoms with van der Waals surface area (Å²) in [5, 5.41) is 15.7. The molecule has 0 atom stereocenters. The standard InChI is InChI=1S/C21H25F2N9/c1-21(2)8-5-12(6-9-21)25-20-27-18(24)17-13(7-10-31(17)29-20)14-3-4-15-19(26-14)32(30-28-15)11-16(22)23/h3-4,7,10,12,16H,5-6,8-9,11H2,1-2H3,(H3,24,25,27,29). The van der Waals surface area contributed by atoms with E-state index in [2.05, 4.69) is 44.5 Å². The van der Waals surface area contributed by atoms with Crippen LogP contribution in [-0.4, -0.2) is 47.0 Å². The molecule has 4 aromatic heterocycles. The molecule has 0 aliphatic heterocycles. The predicted octanol–water partition coefficient (Wildman–Crippen LogP) is 3.76. The fraction of sp³-hybridized carbons (Fsp3) is 0.476. The Balaban J connectivity index is 1.46. The van der Waals surface area contributed by atoms with Crippen LogP contribution in [0.15, 0.2) is 24.4 Å². The Labute approximate surface area is 183 Å². The molecule has 0 spiro atoms. The molecular weight excluding hydrogens is 416 g/mol. The normalized spacial score (nSPS) is 16.9. The highest BCUT2D eigenvalue weighted by molar-refractivity contribution is 5.88. The van der Waals surface area contributed by atoms with E-state index in [1.165, 1.54) is 0 Å². The van der Waals surface area contributed by atoms with E-state index in [9.17, 15) is 8.78 Å². The maximum Gasteiger partial charge on any atom is 0.258 e. The van der Waals surface area contributed by atoms with Gasteiger partial charge < -0.3 is 11.1 Å². The van der Waals surface area contributed by atoms with Crippen molar-refractivity contribution in [2.24, 2.45) is 5.41 Å². The van der Waals surface area contributed by atoms with Crippen molar-refractivity contribution in [3.05, 3.63) is 24.4 Å². The SMILES string of the molecule is CC1(C)CCC(Nc2nc(N)c3c(-c4ccc5nnn(CC(F)F)c5n4)ccn3n2)CC1. The van der Waals surface area contributed by atoms with Gasteiger partial charge in [0.1, 0.15) is 17.6 Å². The lowest BCUT2D eigenvalue weighted by Crippen LogP contribution is -2.30. The molecule has 5 rings (SSSR count). The number of hydrogen-bond donors (Lipinski definition) is 2. The number of fused-ring (bicyclic) bond motifs is 2. The van der Waals surface area contributed by atoms with Crippen molar-refractivity contribution in [1.82, 2.24) is 34.6 Å². The molecule has 11 heteroatoms. The van der Waals surface area contributed by atoms with Crippen LogP contribution in [0.2, 0.25) is 0 Å². The summed E-state index contributed by atoms with van der Waals surface area (Å²) < 4.78 is 28.5. The molecular formula is C21H25F2N9. The zero-order valence-corrected chi connectivity index (χ0v) is 18.0. The van der Waals surface area contributed by atoms with Gasteiger partial charge in [-0.3, -0.25) is 0 Å². The molecule has 0 bridgehead atoms. The summed E-state index contributed by atoms with van der Waals surface area (Å²) in [6.45, 7) is 4.03. The Morgan fingerprint density at radius 1 is 1.19 bits per heavy atom. The first-order chi connectivity index (χ1) is 15.3. The number of aromatic nitrogens is 7. The summed E-state index contributed by atoms with van der Waals surface area (Å²) in [6.07, 6.45) is 3.68. The zero-order chi connectivity index (χ0) is 22.5. The van der Waals surface area contributed by atoms with Crippen molar-refractivity contribution in [1.29, 1.82) is 0 Å². The monoisotopic (exact) mass is 441 g/mol. The maximum absolute atomic E-state index is 12.8. The number of nitrogen functional groups attached to an aromatic ring is 1. The summed E-state index contributed by atoms with van der Waals surface area (Å²) >= 11 is 0. The molecule has 3 N–H and O–H groups in total. The lowest BCUT2D eigenvalue weighted by atomic mass is 9.76. The number of pyridine rings is 1. The minimum absolute atomic E-state index is 0.292. The van der Waals surface area contributed by atoms with Gasteiger partial charge in [0.25, 0.3) is 6.43 Å². The van der Waals surface area contributed by atoms with Crippen molar-refractivity contribution >= 4 is 28.4 Å². The van der Waals surface area contributed by atoms with E-state index in [0.29, 0.717) is 51.2 Å². The van der Waals surface area contributed by atoms with Crippen molar-refractivity contribution in [3.8, 4) is 11.3 Å². The van der Waals surface area contributed by atoms with E-state index in [0.717, 1.165) is 30.4 Å². The summed E-state index contributed by atoms with van der Waals surface area (Å²) in [6, 6.07) is 5.62. The second-order valence-corrected chi connectivity index (χ2v) is 9.13. The predicted molar refractivity (Wildman–Crippen MR) is 117 cm³/mol. The number of nitrogens with one attached hydrogen (secondary N) is 1. The first-order valence-corrected chi connectivity index (χ1v) is 10.7. The van der Waals surface area contributed by atoms with Gasteiger partial charge in [-0.2, -0.15) is 4.98 Å². The highest BCUT2D eigenvalue weighted by Gasteiger charge is 2.27. The number of nitrogens with zero attached hydrogens (tertiary/aromatic N) is 7. The molecule has 1 aliphatic carbocycles. The molecule has 1 fully saturated rings. The summed E-state index contributed by atoms with van der Waals surface area (Å²) in [7, 11) is 0. The van der Waals surface area contributed by atoms with Gasteiger partial charge in [-0.1, -0.05) is 19.1 Å². The summed E-state index contributed by atoms with van der Waals surface area (Å²) in [5.41, 5.74) is 9.31. The van der Waals surface area contributed by atoms with Crippen LogP contribution in [0.4, 0.5) is 20.5 Å². The Kier molecular flexibility index (Phi) is 4.90. The summed E-state index contributed by atoms with van der Waals surface area (Å²) in [4.78, 5) is 8.99. The topological polar surface area (TPSA) is 112 Å². The summed E-state index contributed by atoms with van der Waals surface area (Å²) in [5.74, 6) is 0.809. The Hall–Kier alpha value is -3.37. The smallest absolute Gasteiger partial charge is 0.258 e. The molecule has 0 unspecified atom stereocenters. The lowest BCUT2D eigenvalue weighted by Gasteiger charge is -2.34. The third-order valence-electron chi connectivity index (χ3n) is 6.16. The average Bonchev–Trinajstić information content (AvgIpc) is 3.33. The van der Waals surface area contributed by atoms with Gasteiger partial charge in [0, 0.05) is 17.8 Å². The molecule has 4 heterocycles. The van der Waals surface area contributed by atoms with Crippen molar-refractivity contribution < 1.29 is 8.78 Å². The number of alkyl halides is 2. The van der Waals surface area contributed by atoms with Gasteiger partial charge in [0.15, 0.2) is 11.5 Å². The Morgan fingerprint density at radius 3 is 2.72 bits per heavy atom. The molecule has 0 amide bonds. The maximum atomic E-state index is 12.8. The highest BCUT2D eigenvalue weighted by atomic mass is 19.3. The second-order valence-electron chi connectivity index (χ2n) is 9.13. The van der Waals surface area contributed by atoms with Crippen LogP contribution >= 0.6 is 0 Å². The average molecular weight is 441 g/mol. The molecule has 9 nitrogen and oxygen atoms in total. The van der Waals surface area contributed by atoms with Gasteiger partial charge >= 0.3 is 0 Å². The van der Waals surface area contributed by atoms with Gasteiger partial charge in [-0.15, -0.1) is 10.2 Å². The Morgan fingerprint density at radius 2 is 1.97 bits per heavy atom. The van der Waals surface area contributed by atoms with Crippen LogP contribution in [0.5, 0.6) is 0 Å². The molecule has 4 aromatic rings. The fourth-order valence-corrected chi connectivity index (χ4v) is 4.30. The van der Waals surface area contributed by atoms with Crippen LogP contribution < -0.4 is 11.1 Å². The number of halogens is 2. The number of rotatable bonds is 5. The van der Waals surface area contributed by atoms with E-state index in [4.69, 9.17) is 5.73 Å². The minimum Gasteiger partial charge on any atom is -0.382 e. The molecule has 1 saturated carbocycles. The van der Waals surface area contributed by atoms with E-state index in [1.54, 1.807) is 22.8 Å². The minimum atomic E-state index is -2.55. The van der Waals surface area contributed by atoms with Crippen LogP contribution in [0, 0.1) is 5.41 Å². The molecule has 0 saturated heterocycles. The number of nitrogens with two attached hydrogens (primary N) is 1. The highest BCUT2D eigenvalue weighted by Crippen LogP contribution is 2.36. The van der Waals surface area contributed by atoms with Crippen LogP contribution in [0.3, 0.4) is 0 Å². The van der Waals surface area contributed by atoms with E-state index in [-0.39, 0.29) is 0 Å². The zero-order valence-electron chi connectivity index (χ0n) is 18.0. The van der Waals surface area contributed by atoms with Crippen LogP contribution in [0.1, 0.15) is 39.5 Å².